The summed E-state index contributed by atoms with van der Waals surface area (Å²) in [7, 11) is 0. The maximum absolute atomic E-state index is 9.89. The molecule has 2 heteroatoms. The summed E-state index contributed by atoms with van der Waals surface area (Å²) in [5.41, 5.74) is 0.998. The van der Waals surface area contributed by atoms with Crippen molar-refractivity contribution >= 4 is 0 Å². The van der Waals surface area contributed by atoms with Crippen molar-refractivity contribution in [1.82, 2.24) is 5.32 Å². The SMILES string of the molecule is CC1CC(NCC(O)c2ccccc2)C1. The van der Waals surface area contributed by atoms with Crippen molar-refractivity contribution in [2.45, 2.75) is 31.9 Å². The van der Waals surface area contributed by atoms with E-state index in [1.807, 2.05) is 30.3 Å². The van der Waals surface area contributed by atoms with E-state index in [2.05, 4.69) is 12.2 Å². The second-order valence-corrected chi connectivity index (χ2v) is 4.61. The molecule has 0 amide bonds. The Morgan fingerprint density at radius 2 is 2.00 bits per heavy atom. The molecule has 15 heavy (non-hydrogen) atoms. The first kappa shape index (κ1) is 10.7. The molecule has 0 bridgehead atoms. The van der Waals surface area contributed by atoms with Gasteiger partial charge in [-0.15, -0.1) is 0 Å². The van der Waals surface area contributed by atoms with Crippen molar-refractivity contribution in [1.29, 1.82) is 0 Å². The molecule has 2 nitrogen and oxygen atoms in total. The molecule has 2 N–H and O–H groups in total. The fourth-order valence-corrected chi connectivity index (χ4v) is 2.14. The second kappa shape index (κ2) is 4.77. The third-order valence-corrected chi connectivity index (χ3v) is 3.16. The Morgan fingerprint density at radius 3 is 2.60 bits per heavy atom. The number of benzene rings is 1. The lowest BCUT2D eigenvalue weighted by atomic mass is 9.82. The van der Waals surface area contributed by atoms with Gasteiger partial charge in [0.2, 0.25) is 0 Å². The Hall–Kier alpha value is -0.860. The number of aliphatic hydroxyl groups is 1. The summed E-state index contributed by atoms with van der Waals surface area (Å²) in [4.78, 5) is 0. The van der Waals surface area contributed by atoms with Crippen LogP contribution in [0.4, 0.5) is 0 Å². The van der Waals surface area contributed by atoms with Crippen LogP contribution in [0.1, 0.15) is 31.4 Å². The Morgan fingerprint density at radius 1 is 1.33 bits per heavy atom. The highest BCUT2D eigenvalue weighted by molar-refractivity contribution is 5.17. The Bertz CT molecular complexity index is 293. The topological polar surface area (TPSA) is 32.3 Å². The predicted octanol–water partition coefficient (Wildman–Crippen LogP) is 2.11. The Balaban J connectivity index is 1.75. The molecule has 1 aromatic carbocycles. The van der Waals surface area contributed by atoms with Gasteiger partial charge >= 0.3 is 0 Å². The van der Waals surface area contributed by atoms with Gasteiger partial charge < -0.3 is 10.4 Å². The molecule has 1 fully saturated rings. The van der Waals surface area contributed by atoms with Gasteiger partial charge in [0.05, 0.1) is 6.10 Å². The average Bonchev–Trinajstić information content (AvgIpc) is 2.23. The Kier molecular flexibility index (Phi) is 3.39. The van der Waals surface area contributed by atoms with Gasteiger partial charge in [0.1, 0.15) is 0 Å². The largest absolute Gasteiger partial charge is 0.387 e. The maximum atomic E-state index is 9.89. The molecule has 0 saturated heterocycles. The predicted molar refractivity (Wildman–Crippen MR) is 61.6 cm³/mol. The van der Waals surface area contributed by atoms with Gasteiger partial charge in [-0.1, -0.05) is 37.3 Å². The van der Waals surface area contributed by atoms with E-state index in [9.17, 15) is 5.11 Å². The van der Waals surface area contributed by atoms with Gasteiger partial charge in [-0.05, 0) is 24.3 Å². The molecule has 1 saturated carbocycles. The number of hydrogen-bond acceptors (Lipinski definition) is 2. The monoisotopic (exact) mass is 205 g/mol. The van der Waals surface area contributed by atoms with E-state index in [1.165, 1.54) is 12.8 Å². The summed E-state index contributed by atoms with van der Waals surface area (Å²) in [6.45, 7) is 2.94. The molecule has 0 aliphatic heterocycles. The second-order valence-electron chi connectivity index (χ2n) is 4.61. The van der Waals surface area contributed by atoms with Crippen LogP contribution < -0.4 is 5.32 Å². The molecule has 0 heterocycles. The average molecular weight is 205 g/mol. The van der Waals surface area contributed by atoms with Crippen LogP contribution >= 0.6 is 0 Å². The summed E-state index contributed by atoms with van der Waals surface area (Å²) >= 11 is 0. The zero-order valence-corrected chi connectivity index (χ0v) is 9.19. The summed E-state index contributed by atoms with van der Waals surface area (Å²) < 4.78 is 0. The normalized spacial score (nSPS) is 27.1. The highest BCUT2D eigenvalue weighted by atomic mass is 16.3. The quantitative estimate of drug-likeness (QED) is 0.789. The minimum Gasteiger partial charge on any atom is -0.387 e. The zero-order valence-electron chi connectivity index (χ0n) is 9.19. The van der Waals surface area contributed by atoms with Crippen molar-refractivity contribution in [3.63, 3.8) is 0 Å². The van der Waals surface area contributed by atoms with Crippen LogP contribution in [0.2, 0.25) is 0 Å². The lowest BCUT2D eigenvalue weighted by Crippen LogP contribution is -2.41. The molecule has 1 aliphatic carbocycles. The summed E-state index contributed by atoms with van der Waals surface area (Å²) in [6, 6.07) is 10.5. The number of hydrogen-bond donors (Lipinski definition) is 2. The summed E-state index contributed by atoms with van der Waals surface area (Å²) in [5.74, 6) is 0.858. The van der Waals surface area contributed by atoms with Crippen LogP contribution in [-0.2, 0) is 0 Å². The van der Waals surface area contributed by atoms with Crippen LogP contribution in [0.25, 0.3) is 0 Å². The van der Waals surface area contributed by atoms with E-state index in [0.717, 1.165) is 11.5 Å². The smallest absolute Gasteiger partial charge is 0.0914 e. The lowest BCUT2D eigenvalue weighted by Gasteiger charge is -2.34. The van der Waals surface area contributed by atoms with E-state index < -0.39 is 0 Å². The van der Waals surface area contributed by atoms with Crippen molar-refractivity contribution in [3.05, 3.63) is 35.9 Å². The van der Waals surface area contributed by atoms with Crippen LogP contribution in [0.15, 0.2) is 30.3 Å². The molecule has 0 spiro atoms. The molecule has 1 aromatic rings. The molecular formula is C13H19NO. The van der Waals surface area contributed by atoms with E-state index >= 15 is 0 Å². The molecular weight excluding hydrogens is 186 g/mol. The van der Waals surface area contributed by atoms with Gasteiger partial charge in [-0.3, -0.25) is 0 Å². The van der Waals surface area contributed by atoms with Gasteiger partial charge in [0.25, 0.3) is 0 Å². The first-order valence-corrected chi connectivity index (χ1v) is 5.72. The summed E-state index contributed by atoms with van der Waals surface area (Å²) in [5, 5.41) is 13.3. The highest BCUT2D eigenvalue weighted by Crippen LogP contribution is 2.26. The van der Waals surface area contributed by atoms with E-state index in [1.54, 1.807) is 0 Å². The van der Waals surface area contributed by atoms with Crippen LogP contribution in [0, 0.1) is 5.92 Å². The van der Waals surface area contributed by atoms with Gasteiger partial charge in [-0.2, -0.15) is 0 Å². The van der Waals surface area contributed by atoms with E-state index in [4.69, 9.17) is 0 Å². The van der Waals surface area contributed by atoms with Crippen molar-refractivity contribution in [2.24, 2.45) is 5.92 Å². The maximum Gasteiger partial charge on any atom is 0.0914 e. The molecule has 1 atom stereocenters. The molecule has 2 rings (SSSR count). The molecule has 0 radical (unpaired) electrons. The van der Waals surface area contributed by atoms with Crippen LogP contribution in [-0.4, -0.2) is 17.7 Å². The minimum absolute atomic E-state index is 0.373. The van der Waals surface area contributed by atoms with Crippen molar-refractivity contribution in [3.8, 4) is 0 Å². The first-order valence-electron chi connectivity index (χ1n) is 5.72. The third kappa shape index (κ3) is 2.80. The Labute approximate surface area is 91.3 Å². The highest BCUT2D eigenvalue weighted by Gasteiger charge is 2.25. The van der Waals surface area contributed by atoms with E-state index in [0.29, 0.717) is 12.6 Å². The summed E-state index contributed by atoms with van der Waals surface area (Å²) in [6.07, 6.45) is 2.13. The fraction of sp³-hybridized carbons (Fsp3) is 0.538. The zero-order chi connectivity index (χ0) is 10.7. The van der Waals surface area contributed by atoms with Crippen molar-refractivity contribution in [2.75, 3.05) is 6.54 Å². The van der Waals surface area contributed by atoms with Gasteiger partial charge in [0.15, 0.2) is 0 Å². The van der Waals surface area contributed by atoms with Crippen LogP contribution in [0.5, 0.6) is 0 Å². The molecule has 1 aliphatic rings. The van der Waals surface area contributed by atoms with Gasteiger partial charge in [-0.25, -0.2) is 0 Å². The number of aliphatic hydroxyl groups excluding tert-OH is 1. The first-order chi connectivity index (χ1) is 7.25. The minimum atomic E-state index is -0.373. The molecule has 82 valence electrons. The van der Waals surface area contributed by atoms with E-state index in [-0.39, 0.29) is 6.10 Å². The molecule has 1 unspecified atom stereocenters. The third-order valence-electron chi connectivity index (χ3n) is 3.16. The number of nitrogens with one attached hydrogen (secondary N) is 1. The van der Waals surface area contributed by atoms with Gasteiger partial charge in [0, 0.05) is 12.6 Å². The van der Waals surface area contributed by atoms with Crippen molar-refractivity contribution < 1.29 is 5.11 Å². The number of rotatable bonds is 4. The fourth-order valence-electron chi connectivity index (χ4n) is 2.14. The lowest BCUT2D eigenvalue weighted by molar-refractivity contribution is 0.150. The van der Waals surface area contributed by atoms with Crippen LogP contribution in [0.3, 0.4) is 0 Å². The molecule has 0 aromatic heterocycles. The standard InChI is InChI=1S/C13H19NO/c1-10-7-12(8-10)14-9-13(15)11-5-3-2-4-6-11/h2-6,10,12-15H,7-9H2,1H3.